The molecule has 2 unspecified atom stereocenters. The highest BCUT2D eigenvalue weighted by Crippen LogP contribution is 2.08. The van der Waals surface area contributed by atoms with E-state index in [1.165, 1.54) is 0 Å². The molecule has 1 fully saturated rings. The molecule has 0 aliphatic carbocycles. The number of carbonyl (C=O) groups excluding carboxylic acids is 1. The van der Waals surface area contributed by atoms with Gasteiger partial charge in [-0.25, -0.2) is 5.84 Å². The minimum Gasteiger partial charge on any atom is -0.363 e. The molecule has 0 saturated carbocycles. The van der Waals surface area contributed by atoms with Crippen LogP contribution in [0.3, 0.4) is 0 Å². The van der Waals surface area contributed by atoms with Gasteiger partial charge in [-0.2, -0.15) is 0 Å². The number of hydrogen-bond donors (Lipinski definition) is 2. The van der Waals surface area contributed by atoms with Gasteiger partial charge in [-0.15, -0.1) is 0 Å². The maximum Gasteiger partial charge on any atom is 0.264 e. The number of amides is 1. The van der Waals surface area contributed by atoms with Gasteiger partial charge in [0.25, 0.3) is 5.91 Å². The SMILES string of the molecule is CC1CN(C)CC(C(=O)NN)O1. The van der Waals surface area contributed by atoms with Crippen LogP contribution in [0.4, 0.5) is 0 Å². The lowest BCUT2D eigenvalue weighted by molar-refractivity contribution is -0.144. The van der Waals surface area contributed by atoms with Crippen LogP contribution >= 0.6 is 0 Å². The molecule has 1 saturated heterocycles. The Hall–Kier alpha value is -0.650. The van der Waals surface area contributed by atoms with Crippen molar-refractivity contribution in [2.45, 2.75) is 19.1 Å². The normalized spacial score (nSPS) is 31.6. The van der Waals surface area contributed by atoms with Crippen molar-refractivity contribution in [2.24, 2.45) is 5.84 Å². The van der Waals surface area contributed by atoms with Crippen LogP contribution in [0.5, 0.6) is 0 Å². The van der Waals surface area contributed by atoms with Crippen LogP contribution in [0.25, 0.3) is 0 Å². The fraction of sp³-hybridized carbons (Fsp3) is 0.857. The third-order valence-corrected chi connectivity index (χ3v) is 1.88. The first-order chi connectivity index (χ1) is 5.63. The summed E-state index contributed by atoms with van der Waals surface area (Å²) in [5.41, 5.74) is 2.09. The molecule has 12 heavy (non-hydrogen) atoms. The highest BCUT2D eigenvalue weighted by Gasteiger charge is 2.27. The number of carbonyl (C=O) groups is 1. The van der Waals surface area contributed by atoms with E-state index in [1.807, 2.05) is 18.9 Å². The lowest BCUT2D eigenvalue weighted by Gasteiger charge is -2.33. The third kappa shape index (κ3) is 2.17. The van der Waals surface area contributed by atoms with Crippen molar-refractivity contribution < 1.29 is 9.53 Å². The van der Waals surface area contributed by atoms with Gasteiger partial charge in [0.1, 0.15) is 0 Å². The maximum atomic E-state index is 11.1. The zero-order valence-corrected chi connectivity index (χ0v) is 7.41. The van der Waals surface area contributed by atoms with Crippen molar-refractivity contribution in [1.29, 1.82) is 0 Å². The molecule has 0 aromatic carbocycles. The van der Waals surface area contributed by atoms with Crippen molar-refractivity contribution in [1.82, 2.24) is 10.3 Å². The Morgan fingerprint density at radius 3 is 2.83 bits per heavy atom. The fourth-order valence-electron chi connectivity index (χ4n) is 1.40. The second-order valence-electron chi connectivity index (χ2n) is 3.17. The topological polar surface area (TPSA) is 67.6 Å². The minimum absolute atomic E-state index is 0.0889. The van der Waals surface area contributed by atoms with E-state index in [0.29, 0.717) is 6.54 Å². The molecule has 0 aromatic heterocycles. The van der Waals surface area contributed by atoms with E-state index >= 15 is 0 Å². The molecule has 1 rings (SSSR count). The summed E-state index contributed by atoms with van der Waals surface area (Å²) in [6.07, 6.45) is -0.338. The average Bonchev–Trinajstić information content (AvgIpc) is 2.01. The number of hydrogen-bond acceptors (Lipinski definition) is 4. The van der Waals surface area contributed by atoms with Gasteiger partial charge in [0.15, 0.2) is 6.10 Å². The molecule has 1 heterocycles. The number of rotatable bonds is 1. The summed E-state index contributed by atoms with van der Waals surface area (Å²) in [6.45, 7) is 3.40. The van der Waals surface area contributed by atoms with Crippen molar-refractivity contribution in [3.63, 3.8) is 0 Å². The molecule has 5 heteroatoms. The molecule has 1 aliphatic heterocycles. The van der Waals surface area contributed by atoms with E-state index in [-0.39, 0.29) is 12.0 Å². The Kier molecular flexibility index (Phi) is 3.02. The minimum atomic E-state index is -0.427. The largest absolute Gasteiger partial charge is 0.363 e. The van der Waals surface area contributed by atoms with Crippen molar-refractivity contribution in [2.75, 3.05) is 20.1 Å². The molecule has 2 atom stereocenters. The van der Waals surface area contributed by atoms with Crippen LogP contribution in [0.2, 0.25) is 0 Å². The molecule has 0 aromatic rings. The van der Waals surface area contributed by atoms with Crippen molar-refractivity contribution in [3.05, 3.63) is 0 Å². The fourth-order valence-corrected chi connectivity index (χ4v) is 1.40. The second-order valence-corrected chi connectivity index (χ2v) is 3.17. The summed E-state index contributed by atoms with van der Waals surface area (Å²) >= 11 is 0. The Morgan fingerprint density at radius 1 is 1.67 bits per heavy atom. The van der Waals surface area contributed by atoms with Crippen molar-refractivity contribution in [3.8, 4) is 0 Å². The van der Waals surface area contributed by atoms with E-state index in [1.54, 1.807) is 0 Å². The number of nitrogens with two attached hydrogens (primary N) is 1. The van der Waals surface area contributed by atoms with Crippen LogP contribution in [-0.4, -0.2) is 43.2 Å². The Morgan fingerprint density at radius 2 is 2.33 bits per heavy atom. The molecule has 0 spiro atoms. The summed E-state index contributed by atoms with van der Waals surface area (Å²) in [7, 11) is 1.95. The lowest BCUT2D eigenvalue weighted by Crippen LogP contribution is -2.52. The Bertz CT molecular complexity index is 164. The Balaban J connectivity index is 2.49. The summed E-state index contributed by atoms with van der Waals surface area (Å²) < 4.78 is 5.38. The number of likely N-dealkylation sites (N-methyl/N-ethyl adjacent to an activating group) is 1. The maximum absolute atomic E-state index is 11.1. The summed E-state index contributed by atoms with van der Waals surface area (Å²) in [5, 5.41) is 0. The quantitative estimate of drug-likeness (QED) is 0.294. The average molecular weight is 173 g/mol. The highest BCUT2D eigenvalue weighted by molar-refractivity contribution is 5.80. The van der Waals surface area contributed by atoms with Gasteiger partial charge in [-0.1, -0.05) is 0 Å². The third-order valence-electron chi connectivity index (χ3n) is 1.88. The molecule has 1 aliphatic rings. The lowest BCUT2D eigenvalue weighted by atomic mass is 10.2. The zero-order valence-electron chi connectivity index (χ0n) is 7.41. The van der Waals surface area contributed by atoms with Gasteiger partial charge >= 0.3 is 0 Å². The first-order valence-electron chi connectivity index (χ1n) is 3.98. The van der Waals surface area contributed by atoms with Gasteiger partial charge in [-0.05, 0) is 14.0 Å². The van der Waals surface area contributed by atoms with E-state index in [0.717, 1.165) is 6.54 Å². The van der Waals surface area contributed by atoms with E-state index in [4.69, 9.17) is 10.6 Å². The van der Waals surface area contributed by atoms with Gasteiger partial charge in [-0.3, -0.25) is 10.2 Å². The predicted molar refractivity (Wildman–Crippen MR) is 44.2 cm³/mol. The van der Waals surface area contributed by atoms with Gasteiger partial charge in [0.2, 0.25) is 0 Å². The van der Waals surface area contributed by atoms with Gasteiger partial charge < -0.3 is 9.64 Å². The number of morpholine rings is 1. The number of ether oxygens (including phenoxy) is 1. The standard InChI is InChI=1S/C7H15N3O2/c1-5-3-10(2)4-6(12-5)7(11)9-8/h5-6H,3-4,8H2,1-2H3,(H,9,11). The zero-order chi connectivity index (χ0) is 9.14. The molecular formula is C7H15N3O2. The molecule has 70 valence electrons. The molecular weight excluding hydrogens is 158 g/mol. The van der Waals surface area contributed by atoms with Crippen LogP contribution in [0, 0.1) is 0 Å². The summed E-state index contributed by atoms with van der Waals surface area (Å²) in [5.74, 6) is 4.74. The van der Waals surface area contributed by atoms with E-state index in [9.17, 15) is 4.79 Å². The Labute approximate surface area is 71.8 Å². The van der Waals surface area contributed by atoms with Gasteiger partial charge in [0, 0.05) is 13.1 Å². The number of nitrogens with zero attached hydrogens (tertiary/aromatic N) is 1. The molecule has 0 bridgehead atoms. The van der Waals surface area contributed by atoms with Crippen LogP contribution in [0.1, 0.15) is 6.92 Å². The first-order valence-corrected chi connectivity index (χ1v) is 3.98. The van der Waals surface area contributed by atoms with Crippen LogP contribution in [-0.2, 0) is 9.53 Å². The number of hydrazine groups is 1. The molecule has 1 amide bonds. The van der Waals surface area contributed by atoms with Crippen LogP contribution in [0.15, 0.2) is 0 Å². The highest BCUT2D eigenvalue weighted by atomic mass is 16.5. The van der Waals surface area contributed by atoms with E-state index in [2.05, 4.69) is 5.43 Å². The number of nitrogens with one attached hydrogen (secondary N) is 1. The summed E-state index contributed by atoms with van der Waals surface area (Å²) in [4.78, 5) is 13.1. The van der Waals surface area contributed by atoms with Crippen molar-refractivity contribution >= 4 is 5.91 Å². The molecule has 5 nitrogen and oxygen atoms in total. The van der Waals surface area contributed by atoms with E-state index < -0.39 is 6.10 Å². The monoisotopic (exact) mass is 173 g/mol. The first kappa shape index (κ1) is 9.44. The molecule has 3 N–H and O–H groups in total. The molecule has 0 radical (unpaired) electrons. The second kappa shape index (κ2) is 3.84. The smallest absolute Gasteiger partial charge is 0.264 e. The predicted octanol–water partition coefficient (Wildman–Crippen LogP) is -1.30. The summed E-state index contributed by atoms with van der Waals surface area (Å²) in [6, 6.07) is 0. The van der Waals surface area contributed by atoms with Crippen LogP contribution < -0.4 is 11.3 Å². The van der Waals surface area contributed by atoms with Gasteiger partial charge in [0.05, 0.1) is 6.10 Å².